The molecule has 3 aromatic rings. The first-order valence-corrected chi connectivity index (χ1v) is 11.5. The van der Waals surface area contributed by atoms with Gasteiger partial charge in [0.25, 0.3) is 5.22 Å². The number of thioether (sulfide) groups is 1. The number of terminal acetylenes is 1. The minimum atomic E-state index is -0.115. The fourth-order valence-electron chi connectivity index (χ4n) is 3.58. The molecule has 7 nitrogen and oxygen atoms in total. The van der Waals surface area contributed by atoms with Crippen molar-refractivity contribution in [1.82, 2.24) is 15.1 Å². The molecule has 32 heavy (non-hydrogen) atoms. The number of para-hydroxylation sites is 2. The Hall–Kier alpha value is -3.28. The lowest BCUT2D eigenvalue weighted by Gasteiger charge is -2.36. The lowest BCUT2D eigenvalue weighted by atomic mass is 10.2. The van der Waals surface area contributed by atoms with Gasteiger partial charge in [-0.2, -0.15) is 0 Å². The molecule has 1 aliphatic heterocycles. The average Bonchev–Trinajstić information content (AvgIpc) is 3.27. The lowest BCUT2D eigenvalue weighted by Crippen LogP contribution is -2.46. The molecule has 1 fully saturated rings. The van der Waals surface area contributed by atoms with E-state index in [0.29, 0.717) is 24.1 Å². The first-order valence-electron chi connectivity index (χ1n) is 10.5. The molecule has 0 bridgehead atoms. The maximum absolute atomic E-state index is 12.6. The first kappa shape index (κ1) is 21.9. The molecule has 2 heterocycles. The summed E-state index contributed by atoms with van der Waals surface area (Å²) in [6.45, 7) is 4.23. The average molecular weight is 448 g/mol. The quantitative estimate of drug-likeness (QED) is 0.420. The summed E-state index contributed by atoms with van der Waals surface area (Å²) in [5.74, 6) is 3.31. The summed E-state index contributed by atoms with van der Waals surface area (Å²) in [4.78, 5) is 17.1. The first-order chi connectivity index (χ1) is 15.7. The predicted octanol–water partition coefficient (Wildman–Crippen LogP) is 3.15. The molecule has 164 valence electrons. The summed E-state index contributed by atoms with van der Waals surface area (Å²) in [5.41, 5.74) is 2.93. The van der Waals surface area contributed by atoms with E-state index in [-0.39, 0.29) is 11.7 Å². The zero-order valence-corrected chi connectivity index (χ0v) is 18.6. The standard InChI is InChI=1S/C24H25N5O2S/c1-2-12-28-13-15-29(16-14-28)21-11-7-6-10-20(21)25-22(30)18-32-24-27-26-23(31-24)17-19-8-4-3-5-9-19/h1,3-11H,12-18H2,(H,25,30). The third-order valence-electron chi connectivity index (χ3n) is 5.18. The van der Waals surface area contributed by atoms with Gasteiger partial charge < -0.3 is 14.6 Å². The molecule has 1 aromatic heterocycles. The number of anilines is 2. The number of carbonyl (C=O) groups excluding carboxylic acids is 1. The van der Waals surface area contributed by atoms with E-state index in [4.69, 9.17) is 10.8 Å². The van der Waals surface area contributed by atoms with Crippen LogP contribution in [0.2, 0.25) is 0 Å². The fraction of sp³-hybridized carbons (Fsp3) is 0.292. The Balaban J connectivity index is 1.30. The van der Waals surface area contributed by atoms with Crippen LogP contribution in [0.4, 0.5) is 11.4 Å². The highest BCUT2D eigenvalue weighted by atomic mass is 32.2. The monoisotopic (exact) mass is 447 g/mol. The van der Waals surface area contributed by atoms with Gasteiger partial charge in [-0.15, -0.1) is 16.6 Å². The number of nitrogens with one attached hydrogen (secondary N) is 1. The number of hydrogen-bond donors (Lipinski definition) is 1. The smallest absolute Gasteiger partial charge is 0.277 e. The van der Waals surface area contributed by atoms with E-state index >= 15 is 0 Å². The van der Waals surface area contributed by atoms with Crippen molar-refractivity contribution in [3.05, 3.63) is 66.1 Å². The normalized spacial score (nSPS) is 14.2. The second-order valence-electron chi connectivity index (χ2n) is 7.45. The maximum atomic E-state index is 12.6. The van der Waals surface area contributed by atoms with Crippen LogP contribution < -0.4 is 10.2 Å². The summed E-state index contributed by atoms with van der Waals surface area (Å²) >= 11 is 1.23. The summed E-state index contributed by atoms with van der Waals surface area (Å²) in [6, 6.07) is 17.8. The summed E-state index contributed by atoms with van der Waals surface area (Å²) in [6.07, 6.45) is 5.99. The predicted molar refractivity (Wildman–Crippen MR) is 127 cm³/mol. The molecule has 1 saturated heterocycles. The molecule has 1 aliphatic rings. The van der Waals surface area contributed by atoms with Crippen LogP contribution in [0.15, 0.2) is 64.2 Å². The van der Waals surface area contributed by atoms with Crippen molar-refractivity contribution < 1.29 is 9.21 Å². The van der Waals surface area contributed by atoms with Crippen LogP contribution in [0.3, 0.4) is 0 Å². The number of amides is 1. The number of aromatic nitrogens is 2. The Morgan fingerprint density at radius 3 is 2.59 bits per heavy atom. The van der Waals surface area contributed by atoms with Gasteiger partial charge in [0.1, 0.15) is 0 Å². The lowest BCUT2D eigenvalue weighted by molar-refractivity contribution is -0.113. The van der Waals surface area contributed by atoms with E-state index in [1.165, 1.54) is 11.8 Å². The highest BCUT2D eigenvalue weighted by molar-refractivity contribution is 7.99. The van der Waals surface area contributed by atoms with E-state index < -0.39 is 0 Å². The summed E-state index contributed by atoms with van der Waals surface area (Å²) in [5, 5.41) is 11.5. The van der Waals surface area contributed by atoms with Gasteiger partial charge >= 0.3 is 0 Å². The van der Waals surface area contributed by atoms with Gasteiger partial charge in [0.2, 0.25) is 11.8 Å². The number of benzene rings is 2. The number of carbonyl (C=O) groups is 1. The molecule has 0 aliphatic carbocycles. The minimum absolute atomic E-state index is 0.115. The Morgan fingerprint density at radius 2 is 1.81 bits per heavy atom. The Labute approximate surface area is 192 Å². The Kier molecular flexibility index (Phi) is 7.43. The number of rotatable bonds is 8. The van der Waals surface area contributed by atoms with Crippen molar-refractivity contribution in [2.24, 2.45) is 0 Å². The third kappa shape index (κ3) is 5.90. The molecular weight excluding hydrogens is 422 g/mol. The molecule has 2 aromatic carbocycles. The molecule has 0 spiro atoms. The van der Waals surface area contributed by atoms with Crippen LogP contribution in [0.1, 0.15) is 11.5 Å². The fourth-order valence-corrected chi connectivity index (χ4v) is 4.16. The van der Waals surface area contributed by atoms with E-state index in [1.54, 1.807) is 0 Å². The maximum Gasteiger partial charge on any atom is 0.277 e. The molecule has 0 atom stereocenters. The van der Waals surface area contributed by atoms with E-state index in [1.807, 2.05) is 54.6 Å². The second kappa shape index (κ2) is 10.8. The van der Waals surface area contributed by atoms with E-state index in [0.717, 1.165) is 43.1 Å². The number of nitrogens with zero attached hydrogens (tertiary/aromatic N) is 4. The van der Waals surface area contributed by atoms with Crippen molar-refractivity contribution in [3.8, 4) is 12.3 Å². The molecule has 8 heteroatoms. The molecule has 0 unspecified atom stereocenters. The van der Waals surface area contributed by atoms with Crippen LogP contribution in [0.5, 0.6) is 0 Å². The summed E-state index contributed by atoms with van der Waals surface area (Å²) < 4.78 is 5.67. The number of hydrogen-bond acceptors (Lipinski definition) is 7. The molecule has 4 rings (SSSR count). The minimum Gasteiger partial charge on any atom is -0.416 e. The van der Waals surface area contributed by atoms with Crippen molar-refractivity contribution in [3.63, 3.8) is 0 Å². The largest absolute Gasteiger partial charge is 0.416 e. The number of piperazine rings is 1. The topological polar surface area (TPSA) is 74.5 Å². The van der Waals surface area contributed by atoms with E-state index in [2.05, 4.69) is 31.2 Å². The van der Waals surface area contributed by atoms with Gasteiger partial charge in [0, 0.05) is 26.2 Å². The van der Waals surface area contributed by atoms with Gasteiger partial charge in [0.05, 0.1) is 30.1 Å². The summed E-state index contributed by atoms with van der Waals surface area (Å²) in [7, 11) is 0. The SMILES string of the molecule is C#CCN1CCN(c2ccccc2NC(=O)CSc2nnc(Cc3ccccc3)o2)CC1. The van der Waals surface area contributed by atoms with E-state index in [9.17, 15) is 4.79 Å². The zero-order chi connectivity index (χ0) is 22.2. The highest BCUT2D eigenvalue weighted by Crippen LogP contribution is 2.27. The van der Waals surface area contributed by atoms with Crippen LogP contribution in [-0.4, -0.2) is 59.5 Å². The van der Waals surface area contributed by atoms with Gasteiger partial charge in [-0.3, -0.25) is 9.69 Å². The van der Waals surface area contributed by atoms with Crippen molar-refractivity contribution in [2.75, 3.05) is 48.7 Å². The van der Waals surface area contributed by atoms with Crippen LogP contribution >= 0.6 is 11.8 Å². The molecule has 0 saturated carbocycles. The molecule has 1 N–H and O–H groups in total. The van der Waals surface area contributed by atoms with Gasteiger partial charge in [-0.25, -0.2) is 0 Å². The van der Waals surface area contributed by atoms with Crippen LogP contribution in [-0.2, 0) is 11.2 Å². The Bertz CT molecular complexity index is 1070. The van der Waals surface area contributed by atoms with Crippen LogP contribution in [0, 0.1) is 12.3 Å². The molecule has 1 amide bonds. The molecule has 0 radical (unpaired) electrons. The third-order valence-corrected chi connectivity index (χ3v) is 6.00. The van der Waals surface area contributed by atoms with Crippen molar-refractivity contribution >= 4 is 29.0 Å². The van der Waals surface area contributed by atoms with Gasteiger partial charge in [-0.1, -0.05) is 60.1 Å². The van der Waals surface area contributed by atoms with Crippen molar-refractivity contribution in [2.45, 2.75) is 11.6 Å². The van der Waals surface area contributed by atoms with Crippen LogP contribution in [0.25, 0.3) is 0 Å². The van der Waals surface area contributed by atoms with Gasteiger partial charge in [0.15, 0.2) is 0 Å². The van der Waals surface area contributed by atoms with Gasteiger partial charge in [-0.05, 0) is 17.7 Å². The molecular formula is C24H25N5O2S. The second-order valence-corrected chi connectivity index (χ2v) is 8.37. The highest BCUT2D eigenvalue weighted by Gasteiger charge is 2.19. The van der Waals surface area contributed by atoms with Crippen molar-refractivity contribution in [1.29, 1.82) is 0 Å². The Morgan fingerprint density at radius 1 is 1.06 bits per heavy atom. The zero-order valence-electron chi connectivity index (χ0n) is 17.7.